The number of ether oxygens (including phenoxy) is 1. The Hall–Kier alpha value is -1.16. The van der Waals surface area contributed by atoms with Gasteiger partial charge in [0, 0.05) is 6.04 Å². The highest BCUT2D eigenvalue weighted by Crippen LogP contribution is 2.16. The molecular formula is C10H13FN2O. The number of likely N-dealkylation sites (N-methyl/N-ethyl adjacent to an activating group) is 1. The zero-order valence-electron chi connectivity index (χ0n) is 8.11. The zero-order chi connectivity index (χ0) is 9.97. The maximum absolute atomic E-state index is 12.5. The van der Waals surface area contributed by atoms with E-state index in [1.165, 1.54) is 18.7 Å². The van der Waals surface area contributed by atoms with E-state index in [-0.39, 0.29) is 0 Å². The summed E-state index contributed by atoms with van der Waals surface area (Å²) in [5, 5.41) is 0. The fraction of sp³-hybridized carbons (Fsp3) is 0.500. The molecule has 1 fully saturated rings. The van der Waals surface area contributed by atoms with E-state index in [1.54, 1.807) is 6.07 Å². The highest BCUT2D eigenvalue weighted by Gasteiger charge is 2.24. The third-order valence-corrected chi connectivity index (χ3v) is 2.58. The lowest BCUT2D eigenvalue weighted by atomic mass is 10.1. The molecule has 2 rings (SSSR count). The van der Waals surface area contributed by atoms with Gasteiger partial charge in [-0.3, -0.25) is 4.90 Å². The van der Waals surface area contributed by atoms with Gasteiger partial charge in [-0.2, -0.15) is 4.39 Å². The molecule has 0 aromatic carbocycles. The van der Waals surface area contributed by atoms with Gasteiger partial charge in [-0.25, -0.2) is 4.98 Å². The molecule has 0 aliphatic carbocycles. The highest BCUT2D eigenvalue weighted by molar-refractivity contribution is 5.16. The van der Waals surface area contributed by atoms with Crippen molar-refractivity contribution in [1.29, 1.82) is 0 Å². The molecule has 1 aliphatic heterocycles. The van der Waals surface area contributed by atoms with Crippen molar-refractivity contribution in [1.82, 2.24) is 9.88 Å². The SMILES string of the molecule is CN1CC[C@H]1COc1ccc(F)nc1. The number of aromatic nitrogens is 1. The summed E-state index contributed by atoms with van der Waals surface area (Å²) >= 11 is 0. The first-order valence-corrected chi connectivity index (χ1v) is 4.70. The zero-order valence-corrected chi connectivity index (χ0v) is 8.11. The van der Waals surface area contributed by atoms with E-state index in [9.17, 15) is 4.39 Å². The van der Waals surface area contributed by atoms with Crippen molar-refractivity contribution in [3.8, 4) is 5.75 Å². The topological polar surface area (TPSA) is 25.4 Å². The lowest BCUT2D eigenvalue weighted by Gasteiger charge is -2.37. The second kappa shape index (κ2) is 3.92. The third-order valence-electron chi connectivity index (χ3n) is 2.58. The van der Waals surface area contributed by atoms with Crippen LogP contribution in [0.15, 0.2) is 18.3 Å². The Morgan fingerprint density at radius 3 is 3.00 bits per heavy atom. The van der Waals surface area contributed by atoms with Gasteiger partial charge >= 0.3 is 0 Å². The van der Waals surface area contributed by atoms with E-state index < -0.39 is 5.95 Å². The van der Waals surface area contributed by atoms with Gasteiger partial charge in [-0.15, -0.1) is 0 Å². The molecular weight excluding hydrogens is 183 g/mol. The lowest BCUT2D eigenvalue weighted by Crippen LogP contribution is -2.48. The monoisotopic (exact) mass is 196 g/mol. The minimum atomic E-state index is -0.474. The van der Waals surface area contributed by atoms with E-state index in [4.69, 9.17) is 4.74 Å². The standard InChI is InChI=1S/C10H13FN2O/c1-13-5-4-8(13)7-14-9-2-3-10(11)12-6-9/h2-3,6,8H,4-5,7H2,1H3/t8-/m0/s1. The van der Waals surface area contributed by atoms with E-state index in [1.807, 2.05) is 0 Å². The Morgan fingerprint density at radius 1 is 1.64 bits per heavy atom. The number of halogens is 1. The molecule has 1 aromatic rings. The van der Waals surface area contributed by atoms with Crippen LogP contribution in [0.2, 0.25) is 0 Å². The number of likely N-dealkylation sites (tertiary alicyclic amines) is 1. The highest BCUT2D eigenvalue weighted by atomic mass is 19.1. The van der Waals surface area contributed by atoms with Crippen molar-refractivity contribution < 1.29 is 9.13 Å². The van der Waals surface area contributed by atoms with Gasteiger partial charge in [0.2, 0.25) is 5.95 Å². The van der Waals surface area contributed by atoms with Crippen LogP contribution in [0.3, 0.4) is 0 Å². The maximum atomic E-state index is 12.5. The fourth-order valence-electron chi connectivity index (χ4n) is 1.42. The van der Waals surface area contributed by atoms with E-state index in [2.05, 4.69) is 16.9 Å². The number of pyridine rings is 1. The first-order chi connectivity index (χ1) is 6.75. The molecule has 0 amide bonds. The molecule has 0 bridgehead atoms. The summed E-state index contributed by atoms with van der Waals surface area (Å²) in [6.45, 7) is 1.79. The maximum Gasteiger partial charge on any atom is 0.213 e. The number of rotatable bonds is 3. The third kappa shape index (κ3) is 2.01. The molecule has 4 heteroatoms. The summed E-state index contributed by atoms with van der Waals surface area (Å²) in [5.74, 6) is 0.157. The first-order valence-electron chi connectivity index (χ1n) is 4.70. The van der Waals surface area contributed by atoms with Crippen LogP contribution in [0.25, 0.3) is 0 Å². The Morgan fingerprint density at radius 2 is 2.50 bits per heavy atom. The molecule has 0 unspecified atom stereocenters. The minimum absolute atomic E-state index is 0.474. The molecule has 3 nitrogen and oxygen atoms in total. The second-order valence-corrected chi connectivity index (χ2v) is 3.55. The Bertz CT molecular complexity index is 301. The normalized spacial score (nSPS) is 21.7. The molecule has 1 aromatic heterocycles. The Labute approximate surface area is 82.5 Å². The van der Waals surface area contributed by atoms with Crippen molar-refractivity contribution in [2.24, 2.45) is 0 Å². The lowest BCUT2D eigenvalue weighted by molar-refractivity contribution is 0.0767. The van der Waals surface area contributed by atoms with Gasteiger partial charge in [-0.05, 0) is 32.1 Å². The van der Waals surface area contributed by atoms with Crippen LogP contribution >= 0.6 is 0 Å². The van der Waals surface area contributed by atoms with Gasteiger partial charge < -0.3 is 4.74 Å². The quantitative estimate of drug-likeness (QED) is 0.681. The summed E-state index contributed by atoms with van der Waals surface area (Å²) in [5.41, 5.74) is 0. The van der Waals surface area contributed by atoms with Crippen molar-refractivity contribution in [3.05, 3.63) is 24.3 Å². The predicted molar refractivity (Wildman–Crippen MR) is 50.7 cm³/mol. The van der Waals surface area contributed by atoms with Gasteiger partial charge in [-0.1, -0.05) is 0 Å². The van der Waals surface area contributed by atoms with Crippen LogP contribution in [0.1, 0.15) is 6.42 Å². The van der Waals surface area contributed by atoms with E-state index in [0.29, 0.717) is 18.4 Å². The van der Waals surface area contributed by atoms with Crippen molar-refractivity contribution >= 4 is 0 Å². The molecule has 1 aliphatic rings. The average molecular weight is 196 g/mol. The van der Waals surface area contributed by atoms with Crippen LogP contribution in [0.4, 0.5) is 4.39 Å². The van der Waals surface area contributed by atoms with Crippen molar-refractivity contribution in [2.75, 3.05) is 20.2 Å². The molecule has 0 saturated carbocycles. The number of hydrogen-bond donors (Lipinski definition) is 0. The first kappa shape index (κ1) is 9.40. The van der Waals surface area contributed by atoms with Crippen LogP contribution in [-0.2, 0) is 0 Å². The van der Waals surface area contributed by atoms with Crippen molar-refractivity contribution in [2.45, 2.75) is 12.5 Å². The molecule has 2 heterocycles. The summed E-state index contributed by atoms with van der Waals surface area (Å²) in [7, 11) is 2.07. The molecule has 1 saturated heterocycles. The summed E-state index contributed by atoms with van der Waals surface area (Å²) in [6, 6.07) is 3.40. The van der Waals surface area contributed by atoms with Crippen LogP contribution < -0.4 is 4.74 Å². The Kier molecular flexibility index (Phi) is 2.63. The second-order valence-electron chi connectivity index (χ2n) is 3.55. The van der Waals surface area contributed by atoms with Crippen LogP contribution in [0.5, 0.6) is 5.75 Å². The molecule has 1 atom stereocenters. The minimum Gasteiger partial charge on any atom is -0.490 e. The van der Waals surface area contributed by atoms with Crippen LogP contribution in [-0.4, -0.2) is 36.1 Å². The molecule has 14 heavy (non-hydrogen) atoms. The summed E-state index contributed by atoms with van der Waals surface area (Å²) in [4.78, 5) is 5.75. The van der Waals surface area contributed by atoms with Gasteiger partial charge in [0.15, 0.2) is 0 Å². The summed E-state index contributed by atoms with van der Waals surface area (Å²) in [6.07, 6.45) is 2.58. The molecule has 0 spiro atoms. The molecule has 0 N–H and O–H groups in total. The number of hydrogen-bond acceptors (Lipinski definition) is 3. The predicted octanol–water partition coefficient (Wildman–Crippen LogP) is 1.30. The number of nitrogens with zero attached hydrogens (tertiary/aromatic N) is 2. The summed E-state index contributed by atoms with van der Waals surface area (Å²) < 4.78 is 17.9. The van der Waals surface area contributed by atoms with E-state index >= 15 is 0 Å². The average Bonchev–Trinajstić information content (AvgIpc) is 2.19. The smallest absolute Gasteiger partial charge is 0.213 e. The van der Waals surface area contributed by atoms with Crippen LogP contribution in [0, 0.1) is 5.95 Å². The van der Waals surface area contributed by atoms with Gasteiger partial charge in [0.05, 0.1) is 6.20 Å². The molecule has 0 radical (unpaired) electrons. The van der Waals surface area contributed by atoms with Crippen molar-refractivity contribution in [3.63, 3.8) is 0 Å². The Balaban J connectivity index is 1.83. The fourth-order valence-corrected chi connectivity index (χ4v) is 1.42. The van der Waals surface area contributed by atoms with Gasteiger partial charge in [0.25, 0.3) is 0 Å². The van der Waals surface area contributed by atoms with E-state index in [0.717, 1.165) is 6.54 Å². The molecule has 76 valence electrons. The largest absolute Gasteiger partial charge is 0.490 e. The van der Waals surface area contributed by atoms with Gasteiger partial charge in [0.1, 0.15) is 12.4 Å².